The Kier molecular flexibility index (Phi) is 7.28. The summed E-state index contributed by atoms with van der Waals surface area (Å²) < 4.78 is 16.4. The number of carbonyl (C=O) groups excluding carboxylic acids is 1. The predicted octanol–water partition coefficient (Wildman–Crippen LogP) is 5.53. The molecule has 2 aromatic carbocycles. The number of amides is 1. The zero-order valence-corrected chi connectivity index (χ0v) is 21.1. The summed E-state index contributed by atoms with van der Waals surface area (Å²) in [5.41, 5.74) is 0.919. The number of para-hydroxylation sites is 1. The summed E-state index contributed by atoms with van der Waals surface area (Å²) >= 11 is 24.5. The van der Waals surface area contributed by atoms with E-state index in [0.717, 1.165) is 0 Å². The highest BCUT2D eigenvalue weighted by atomic mass is 35.6. The largest absolute Gasteiger partial charge is 0.491 e. The van der Waals surface area contributed by atoms with Gasteiger partial charge in [-0.3, -0.25) is 4.79 Å². The highest BCUT2D eigenvalue weighted by Crippen LogP contribution is 2.38. The molecule has 0 radical (unpaired) electrons. The smallest absolute Gasteiger partial charge is 0.295 e. The summed E-state index contributed by atoms with van der Waals surface area (Å²) in [7, 11) is 0. The first-order valence-corrected chi connectivity index (χ1v) is 11.7. The van der Waals surface area contributed by atoms with E-state index in [0.29, 0.717) is 30.3 Å². The van der Waals surface area contributed by atoms with Crippen molar-refractivity contribution in [2.24, 2.45) is 0 Å². The number of hydrogen-bond acceptors (Lipinski definition) is 6. The van der Waals surface area contributed by atoms with Gasteiger partial charge in [-0.15, -0.1) is 5.10 Å². The van der Waals surface area contributed by atoms with Crippen molar-refractivity contribution in [2.75, 3.05) is 18.5 Å². The molecule has 3 aromatic rings. The van der Waals surface area contributed by atoms with Crippen LogP contribution in [0.15, 0.2) is 48.5 Å². The zero-order chi connectivity index (χ0) is 24.5. The minimum atomic E-state index is -1.90. The lowest BCUT2D eigenvalue weighted by atomic mass is 10.3. The van der Waals surface area contributed by atoms with Crippen molar-refractivity contribution >= 4 is 58.0 Å². The molecule has 1 aliphatic heterocycles. The number of benzene rings is 2. The van der Waals surface area contributed by atoms with Crippen LogP contribution in [0.4, 0.5) is 5.69 Å². The molecule has 4 rings (SSSR count). The van der Waals surface area contributed by atoms with Crippen molar-refractivity contribution in [1.82, 2.24) is 14.8 Å². The molecule has 2 heterocycles. The number of hydrogen-bond donors (Lipinski definition) is 1. The Hall–Kier alpha value is -2.07. The quantitative estimate of drug-likeness (QED) is 0.410. The second kappa shape index (κ2) is 9.89. The van der Waals surface area contributed by atoms with E-state index in [1.807, 2.05) is 19.9 Å². The van der Waals surface area contributed by atoms with E-state index in [1.165, 1.54) is 4.68 Å². The lowest BCUT2D eigenvalue weighted by molar-refractivity contribution is -0.141. The first-order valence-electron chi connectivity index (χ1n) is 10.2. The number of alkyl halides is 3. The van der Waals surface area contributed by atoms with Crippen LogP contribution >= 0.6 is 46.4 Å². The van der Waals surface area contributed by atoms with Gasteiger partial charge in [-0.2, -0.15) is 0 Å². The van der Waals surface area contributed by atoms with Gasteiger partial charge in [0, 0.05) is 6.07 Å². The van der Waals surface area contributed by atoms with Crippen LogP contribution in [0.1, 0.15) is 30.3 Å². The molecule has 1 aromatic heterocycles. The van der Waals surface area contributed by atoms with E-state index in [-0.39, 0.29) is 22.8 Å². The van der Waals surface area contributed by atoms with Gasteiger partial charge in [-0.1, -0.05) is 64.6 Å². The molecule has 8 nitrogen and oxygen atoms in total. The van der Waals surface area contributed by atoms with Gasteiger partial charge in [0.15, 0.2) is 11.6 Å². The maximum Gasteiger partial charge on any atom is 0.295 e. The van der Waals surface area contributed by atoms with Crippen molar-refractivity contribution in [3.05, 3.63) is 65.2 Å². The Morgan fingerprint density at radius 3 is 2.59 bits per heavy atom. The molecule has 1 amide bonds. The molecule has 0 aliphatic carbocycles. The van der Waals surface area contributed by atoms with E-state index >= 15 is 0 Å². The van der Waals surface area contributed by atoms with Crippen LogP contribution in [0.2, 0.25) is 5.02 Å². The average molecular weight is 546 g/mol. The third-order valence-electron chi connectivity index (χ3n) is 4.76. The van der Waals surface area contributed by atoms with Crippen LogP contribution < -0.4 is 10.1 Å². The monoisotopic (exact) mass is 544 g/mol. The van der Waals surface area contributed by atoms with E-state index < -0.39 is 15.5 Å². The molecule has 1 aliphatic rings. The standard InChI is InChI=1S/C22H20Cl4N4O4/c1-21(2)33-12-15(34-21)11-32-14-8-9-17(16(23)10-14)27-19(31)18-28-20(22(24,25)26)30(29-18)13-6-4-3-5-7-13/h3-10,15H,11-12H2,1-2H3,(H,27,31). The number of halogens is 4. The van der Waals surface area contributed by atoms with E-state index in [1.54, 1.807) is 42.5 Å². The van der Waals surface area contributed by atoms with E-state index in [4.69, 9.17) is 60.6 Å². The molecule has 1 fully saturated rings. The minimum Gasteiger partial charge on any atom is -0.491 e. The summed E-state index contributed by atoms with van der Waals surface area (Å²) in [6.45, 7) is 4.42. The lowest BCUT2D eigenvalue weighted by Gasteiger charge is -2.17. The molecule has 1 atom stereocenters. The van der Waals surface area contributed by atoms with Crippen molar-refractivity contribution in [2.45, 2.75) is 29.5 Å². The number of nitrogens with zero attached hydrogens (tertiary/aromatic N) is 3. The number of ether oxygens (including phenoxy) is 3. The first-order chi connectivity index (χ1) is 16.0. The Labute approximate surface area is 216 Å². The molecule has 1 saturated heterocycles. The summed E-state index contributed by atoms with van der Waals surface area (Å²) in [5, 5.41) is 7.15. The van der Waals surface area contributed by atoms with Gasteiger partial charge in [0.1, 0.15) is 18.5 Å². The SMILES string of the molecule is CC1(C)OCC(COc2ccc(NC(=O)c3nc(C(Cl)(Cl)Cl)n(-c4ccccc4)n3)c(Cl)c2)O1. The average Bonchev–Trinajstić information content (AvgIpc) is 3.38. The van der Waals surface area contributed by atoms with Crippen molar-refractivity contribution in [3.63, 3.8) is 0 Å². The van der Waals surface area contributed by atoms with Crippen LogP contribution in [0.3, 0.4) is 0 Å². The van der Waals surface area contributed by atoms with Crippen molar-refractivity contribution in [1.29, 1.82) is 0 Å². The van der Waals surface area contributed by atoms with Crippen LogP contribution in [0, 0.1) is 0 Å². The van der Waals surface area contributed by atoms with Gasteiger partial charge >= 0.3 is 0 Å². The van der Waals surface area contributed by atoms with Gasteiger partial charge in [-0.05, 0) is 38.1 Å². The fourth-order valence-electron chi connectivity index (χ4n) is 3.24. The molecule has 12 heteroatoms. The summed E-state index contributed by atoms with van der Waals surface area (Å²) in [6, 6.07) is 13.8. The normalized spacial score (nSPS) is 17.5. The van der Waals surface area contributed by atoms with Gasteiger partial charge < -0.3 is 19.5 Å². The minimum absolute atomic E-state index is 0.0232. The van der Waals surface area contributed by atoms with Gasteiger partial charge in [0.25, 0.3) is 5.91 Å². The van der Waals surface area contributed by atoms with Crippen molar-refractivity contribution in [3.8, 4) is 11.4 Å². The van der Waals surface area contributed by atoms with Gasteiger partial charge in [-0.25, -0.2) is 9.67 Å². The fourth-order valence-corrected chi connectivity index (χ4v) is 3.83. The predicted molar refractivity (Wildman–Crippen MR) is 130 cm³/mol. The molecule has 0 spiro atoms. The third-order valence-corrected chi connectivity index (χ3v) is 5.58. The Morgan fingerprint density at radius 1 is 1.24 bits per heavy atom. The molecular weight excluding hydrogens is 526 g/mol. The zero-order valence-electron chi connectivity index (χ0n) is 18.1. The molecule has 0 bridgehead atoms. The molecular formula is C22H20Cl4N4O4. The second-order valence-electron chi connectivity index (χ2n) is 7.86. The van der Waals surface area contributed by atoms with Crippen LogP contribution in [0.5, 0.6) is 5.75 Å². The molecule has 34 heavy (non-hydrogen) atoms. The number of anilines is 1. The Balaban J connectivity index is 1.47. The molecule has 180 valence electrons. The number of aromatic nitrogens is 3. The number of nitrogens with one attached hydrogen (secondary N) is 1. The van der Waals surface area contributed by atoms with Crippen LogP contribution in [-0.4, -0.2) is 45.8 Å². The fraction of sp³-hybridized carbons (Fsp3) is 0.318. The topological polar surface area (TPSA) is 87.5 Å². The summed E-state index contributed by atoms with van der Waals surface area (Å²) in [6.07, 6.45) is -0.189. The number of carbonyl (C=O) groups is 1. The lowest BCUT2D eigenvalue weighted by Crippen LogP contribution is -2.25. The van der Waals surface area contributed by atoms with E-state index in [2.05, 4.69) is 15.4 Å². The molecule has 1 N–H and O–H groups in total. The third kappa shape index (κ3) is 5.94. The van der Waals surface area contributed by atoms with Crippen molar-refractivity contribution < 1.29 is 19.0 Å². The highest BCUT2D eigenvalue weighted by Gasteiger charge is 2.34. The Morgan fingerprint density at radius 2 is 1.97 bits per heavy atom. The van der Waals surface area contributed by atoms with Gasteiger partial charge in [0.05, 0.1) is 23.0 Å². The van der Waals surface area contributed by atoms with Crippen LogP contribution in [-0.2, 0) is 13.3 Å². The van der Waals surface area contributed by atoms with Crippen LogP contribution in [0.25, 0.3) is 5.69 Å². The van der Waals surface area contributed by atoms with E-state index in [9.17, 15) is 4.79 Å². The maximum atomic E-state index is 12.8. The highest BCUT2D eigenvalue weighted by molar-refractivity contribution is 6.66. The molecule has 0 saturated carbocycles. The second-order valence-corrected chi connectivity index (χ2v) is 10.6. The summed E-state index contributed by atoms with van der Waals surface area (Å²) in [4.78, 5) is 17.0. The number of rotatable bonds is 6. The Bertz CT molecular complexity index is 1180. The first kappa shape index (κ1) is 25.0. The van der Waals surface area contributed by atoms with Gasteiger partial charge in [0.2, 0.25) is 9.62 Å². The molecule has 1 unspecified atom stereocenters. The maximum absolute atomic E-state index is 12.8. The summed E-state index contributed by atoms with van der Waals surface area (Å²) in [5.74, 6) is -0.953.